The van der Waals surface area contributed by atoms with Crippen LogP contribution >= 0.6 is 0 Å². The number of rotatable bonds is 5. The van der Waals surface area contributed by atoms with Crippen molar-refractivity contribution < 1.29 is 9.32 Å². The zero-order valence-electron chi connectivity index (χ0n) is 11.8. The molecule has 2 aromatic rings. The number of nitrogens with zero attached hydrogens (tertiary/aromatic N) is 2. The molecule has 0 saturated heterocycles. The zero-order chi connectivity index (χ0) is 14.5. The third-order valence-electron chi connectivity index (χ3n) is 2.89. The molecule has 2 rings (SSSR count). The van der Waals surface area contributed by atoms with Crippen LogP contribution < -0.4 is 10.6 Å². The van der Waals surface area contributed by atoms with Gasteiger partial charge < -0.3 is 15.2 Å². The average Bonchev–Trinajstić information content (AvgIpc) is 2.84. The maximum absolute atomic E-state index is 11.9. The van der Waals surface area contributed by atoms with Gasteiger partial charge in [0.25, 0.3) is 5.91 Å². The molecule has 2 heterocycles. The molecule has 0 spiro atoms. The Morgan fingerprint density at radius 3 is 2.80 bits per heavy atom. The Morgan fingerprint density at radius 1 is 1.45 bits per heavy atom. The molecule has 0 aliphatic rings. The third-order valence-corrected chi connectivity index (χ3v) is 2.89. The number of carbonyl (C=O) groups excluding carboxylic acids is 1. The van der Waals surface area contributed by atoms with Gasteiger partial charge in [-0.1, -0.05) is 12.1 Å². The number of aromatic nitrogens is 2. The van der Waals surface area contributed by atoms with Crippen molar-refractivity contribution in [2.24, 2.45) is 0 Å². The average molecular weight is 274 g/mol. The Hall–Kier alpha value is -2.37. The van der Waals surface area contributed by atoms with Crippen LogP contribution in [-0.4, -0.2) is 22.1 Å². The van der Waals surface area contributed by atoms with E-state index in [0.717, 1.165) is 12.1 Å². The molecule has 0 saturated carbocycles. The standard InChI is InChI=1S/C14H18N4O2/c1-4-9(2)16-11-5-6-12(15-8-11)14(19)17-13-7-10(3)20-18-13/h5-9,16H,4H2,1-3H3,(H,17,18,19). The number of anilines is 2. The number of nitrogens with one attached hydrogen (secondary N) is 2. The highest BCUT2D eigenvalue weighted by molar-refractivity contribution is 6.02. The van der Waals surface area contributed by atoms with E-state index in [-0.39, 0.29) is 5.91 Å². The van der Waals surface area contributed by atoms with Crippen LogP contribution in [0.5, 0.6) is 0 Å². The smallest absolute Gasteiger partial charge is 0.275 e. The van der Waals surface area contributed by atoms with Gasteiger partial charge in [0.1, 0.15) is 11.5 Å². The highest BCUT2D eigenvalue weighted by atomic mass is 16.5. The molecular weight excluding hydrogens is 256 g/mol. The Kier molecular flexibility index (Phi) is 4.34. The second-order valence-corrected chi connectivity index (χ2v) is 4.66. The first-order valence-corrected chi connectivity index (χ1v) is 6.55. The maximum Gasteiger partial charge on any atom is 0.275 e. The van der Waals surface area contributed by atoms with Gasteiger partial charge in [0.15, 0.2) is 5.82 Å². The number of hydrogen-bond acceptors (Lipinski definition) is 5. The number of amides is 1. The van der Waals surface area contributed by atoms with Gasteiger partial charge in [0.05, 0.1) is 11.9 Å². The van der Waals surface area contributed by atoms with Crippen LogP contribution in [0.1, 0.15) is 36.5 Å². The molecule has 20 heavy (non-hydrogen) atoms. The van der Waals surface area contributed by atoms with E-state index in [2.05, 4.69) is 34.6 Å². The quantitative estimate of drug-likeness (QED) is 0.876. The molecule has 0 bridgehead atoms. The molecule has 1 amide bonds. The van der Waals surface area contributed by atoms with E-state index >= 15 is 0 Å². The van der Waals surface area contributed by atoms with Gasteiger partial charge in [-0.3, -0.25) is 4.79 Å². The zero-order valence-corrected chi connectivity index (χ0v) is 11.8. The summed E-state index contributed by atoms with van der Waals surface area (Å²) in [5.41, 5.74) is 1.23. The minimum Gasteiger partial charge on any atom is -0.381 e. The van der Waals surface area contributed by atoms with E-state index in [1.165, 1.54) is 0 Å². The van der Waals surface area contributed by atoms with E-state index < -0.39 is 0 Å². The number of aryl methyl sites for hydroxylation is 1. The van der Waals surface area contributed by atoms with E-state index in [1.807, 2.05) is 6.07 Å². The molecule has 1 atom stereocenters. The molecule has 0 aliphatic heterocycles. The van der Waals surface area contributed by atoms with Gasteiger partial charge in [-0.2, -0.15) is 0 Å². The Labute approximate surface area is 117 Å². The maximum atomic E-state index is 11.9. The molecule has 6 heteroatoms. The van der Waals surface area contributed by atoms with Crippen molar-refractivity contribution in [3.8, 4) is 0 Å². The first-order valence-electron chi connectivity index (χ1n) is 6.55. The summed E-state index contributed by atoms with van der Waals surface area (Å²) in [5, 5.41) is 9.62. The number of carbonyl (C=O) groups is 1. The first kappa shape index (κ1) is 14.0. The van der Waals surface area contributed by atoms with Crippen molar-refractivity contribution >= 4 is 17.4 Å². The lowest BCUT2D eigenvalue weighted by Crippen LogP contribution is -2.16. The summed E-state index contributed by atoms with van der Waals surface area (Å²) in [5.74, 6) is 0.714. The Balaban J connectivity index is 2.00. The van der Waals surface area contributed by atoms with Crippen molar-refractivity contribution in [3.05, 3.63) is 35.9 Å². The van der Waals surface area contributed by atoms with E-state index in [0.29, 0.717) is 23.3 Å². The third kappa shape index (κ3) is 3.57. The van der Waals surface area contributed by atoms with Gasteiger partial charge >= 0.3 is 0 Å². The van der Waals surface area contributed by atoms with Crippen LogP contribution in [0.25, 0.3) is 0 Å². The monoisotopic (exact) mass is 274 g/mol. The van der Waals surface area contributed by atoms with Crippen molar-refractivity contribution in [2.75, 3.05) is 10.6 Å². The molecule has 0 aliphatic carbocycles. The molecule has 2 aromatic heterocycles. The topological polar surface area (TPSA) is 80.0 Å². The fourth-order valence-electron chi connectivity index (χ4n) is 1.61. The van der Waals surface area contributed by atoms with Crippen molar-refractivity contribution in [2.45, 2.75) is 33.2 Å². The lowest BCUT2D eigenvalue weighted by Gasteiger charge is -2.12. The normalized spacial score (nSPS) is 11.9. The summed E-state index contributed by atoms with van der Waals surface area (Å²) in [6.07, 6.45) is 2.67. The van der Waals surface area contributed by atoms with Gasteiger partial charge in [-0.25, -0.2) is 4.98 Å². The lowest BCUT2D eigenvalue weighted by atomic mass is 10.2. The first-order chi connectivity index (χ1) is 9.58. The van der Waals surface area contributed by atoms with Crippen molar-refractivity contribution in [1.29, 1.82) is 0 Å². The summed E-state index contributed by atoms with van der Waals surface area (Å²) in [7, 11) is 0. The predicted octanol–water partition coefficient (Wildman–Crippen LogP) is 2.84. The largest absolute Gasteiger partial charge is 0.381 e. The minimum atomic E-state index is -0.312. The molecular formula is C14H18N4O2. The molecule has 1 unspecified atom stereocenters. The molecule has 0 fully saturated rings. The van der Waals surface area contributed by atoms with Crippen LogP contribution in [0.3, 0.4) is 0 Å². The summed E-state index contributed by atoms with van der Waals surface area (Å²) < 4.78 is 4.88. The van der Waals surface area contributed by atoms with Gasteiger partial charge in [0.2, 0.25) is 0 Å². The van der Waals surface area contributed by atoms with E-state index in [4.69, 9.17) is 4.52 Å². The summed E-state index contributed by atoms with van der Waals surface area (Å²) >= 11 is 0. The number of pyridine rings is 1. The van der Waals surface area contributed by atoms with E-state index in [9.17, 15) is 4.79 Å². The summed E-state index contributed by atoms with van der Waals surface area (Å²) in [6.45, 7) is 5.95. The second-order valence-electron chi connectivity index (χ2n) is 4.66. The molecule has 6 nitrogen and oxygen atoms in total. The van der Waals surface area contributed by atoms with E-state index in [1.54, 1.807) is 25.3 Å². The Bertz CT molecular complexity index is 577. The summed E-state index contributed by atoms with van der Waals surface area (Å²) in [4.78, 5) is 16.1. The minimum absolute atomic E-state index is 0.312. The SMILES string of the molecule is CCC(C)Nc1ccc(C(=O)Nc2cc(C)on2)nc1. The van der Waals surface area contributed by atoms with Crippen LogP contribution in [0.2, 0.25) is 0 Å². The van der Waals surface area contributed by atoms with Gasteiger partial charge in [-0.05, 0) is 32.4 Å². The Morgan fingerprint density at radius 2 is 2.25 bits per heavy atom. The highest BCUT2D eigenvalue weighted by Gasteiger charge is 2.10. The fourth-order valence-corrected chi connectivity index (χ4v) is 1.61. The fraction of sp³-hybridized carbons (Fsp3) is 0.357. The lowest BCUT2D eigenvalue weighted by molar-refractivity contribution is 0.102. The predicted molar refractivity (Wildman–Crippen MR) is 76.8 cm³/mol. The highest BCUT2D eigenvalue weighted by Crippen LogP contribution is 2.11. The van der Waals surface area contributed by atoms with Gasteiger partial charge in [0, 0.05) is 12.1 Å². The van der Waals surface area contributed by atoms with Crippen molar-refractivity contribution in [1.82, 2.24) is 10.1 Å². The summed E-state index contributed by atoms with van der Waals surface area (Å²) in [6, 6.07) is 5.53. The van der Waals surface area contributed by atoms with Crippen LogP contribution in [0.15, 0.2) is 28.9 Å². The molecule has 0 aromatic carbocycles. The van der Waals surface area contributed by atoms with Crippen molar-refractivity contribution in [3.63, 3.8) is 0 Å². The molecule has 2 N–H and O–H groups in total. The van der Waals surface area contributed by atoms with Crippen LogP contribution in [-0.2, 0) is 0 Å². The molecule has 0 radical (unpaired) electrons. The van der Waals surface area contributed by atoms with Gasteiger partial charge in [-0.15, -0.1) is 0 Å². The van der Waals surface area contributed by atoms with Crippen LogP contribution in [0, 0.1) is 6.92 Å². The van der Waals surface area contributed by atoms with Crippen LogP contribution in [0.4, 0.5) is 11.5 Å². The molecule has 106 valence electrons. The second kappa shape index (κ2) is 6.18. The number of hydrogen-bond donors (Lipinski definition) is 2.